The van der Waals surface area contributed by atoms with Gasteiger partial charge in [0.1, 0.15) is 23.5 Å². The molecule has 0 saturated carbocycles. The van der Waals surface area contributed by atoms with E-state index >= 15 is 0 Å². The molecule has 0 N–H and O–H groups in total. The van der Waals surface area contributed by atoms with Crippen LogP contribution in [0.2, 0.25) is 0 Å². The second kappa shape index (κ2) is 5.68. The monoisotopic (exact) mass is 285 g/mol. The number of hydrogen-bond donors (Lipinski definition) is 0. The van der Waals surface area contributed by atoms with Crippen molar-refractivity contribution in [1.82, 2.24) is 9.13 Å². The Bertz CT molecular complexity index is 779. The number of allylic oxidation sites excluding steroid dienone is 1. The normalized spacial score (nSPS) is 13.6. The molecule has 108 valence electrons. The van der Waals surface area contributed by atoms with Gasteiger partial charge in [-0.15, -0.1) is 0 Å². The summed E-state index contributed by atoms with van der Waals surface area (Å²) in [5.74, 6) is 0.476. The van der Waals surface area contributed by atoms with Crippen molar-refractivity contribution < 1.29 is 0 Å². The van der Waals surface area contributed by atoms with Crippen molar-refractivity contribution in [3.8, 4) is 12.1 Å². The number of rotatable bonds is 2. The first-order valence-corrected chi connectivity index (χ1v) is 6.58. The molecule has 1 aromatic heterocycles. The molecule has 0 bridgehead atoms. The lowest BCUT2D eigenvalue weighted by atomic mass is 10.2. The van der Waals surface area contributed by atoms with E-state index in [0.717, 1.165) is 30.5 Å². The van der Waals surface area contributed by atoms with E-state index in [0.29, 0.717) is 5.82 Å². The molecule has 0 aromatic carbocycles. The van der Waals surface area contributed by atoms with Crippen molar-refractivity contribution >= 4 is 11.9 Å². The minimum Gasteiger partial charge on any atom is -0.357 e. The highest BCUT2D eigenvalue weighted by molar-refractivity contribution is 5.70. The molecular weight excluding hydrogens is 270 g/mol. The number of nitriles is 2. The Morgan fingerprint density at radius 3 is 2.19 bits per heavy atom. The summed E-state index contributed by atoms with van der Waals surface area (Å²) in [5, 5.41) is 17.8. The highest BCUT2D eigenvalue weighted by atomic mass is 16.2. The molecule has 1 fully saturated rings. The number of hydrogen-bond acceptors (Lipinski definition) is 5. The molecule has 0 aliphatic carbocycles. The molecule has 7 nitrogen and oxygen atoms in total. The molecule has 0 unspecified atom stereocenters. The van der Waals surface area contributed by atoms with Crippen LogP contribution in [0.5, 0.6) is 0 Å². The van der Waals surface area contributed by atoms with E-state index in [1.165, 1.54) is 17.7 Å². The summed E-state index contributed by atoms with van der Waals surface area (Å²) < 4.78 is 2.38. The minimum absolute atomic E-state index is 0.161. The Labute approximate surface area is 121 Å². The fourth-order valence-electron chi connectivity index (χ4n) is 2.53. The molecule has 21 heavy (non-hydrogen) atoms. The van der Waals surface area contributed by atoms with E-state index in [4.69, 9.17) is 10.5 Å². The lowest BCUT2D eigenvalue weighted by Crippen LogP contribution is -2.41. The molecule has 7 heteroatoms. The zero-order valence-corrected chi connectivity index (χ0v) is 12.0. The first kappa shape index (κ1) is 14.6. The van der Waals surface area contributed by atoms with Crippen molar-refractivity contribution in [2.24, 2.45) is 14.1 Å². The number of aromatic nitrogens is 2. The summed E-state index contributed by atoms with van der Waals surface area (Å²) in [5.41, 5.74) is -0.872. The van der Waals surface area contributed by atoms with Crippen LogP contribution in [0.15, 0.2) is 15.2 Å². The second-order valence-electron chi connectivity index (χ2n) is 4.92. The largest absolute Gasteiger partial charge is 0.357 e. The van der Waals surface area contributed by atoms with Gasteiger partial charge >= 0.3 is 5.69 Å². The van der Waals surface area contributed by atoms with Crippen LogP contribution in [0, 0.1) is 22.7 Å². The van der Waals surface area contributed by atoms with Gasteiger partial charge in [-0.25, -0.2) is 4.79 Å². The van der Waals surface area contributed by atoms with Crippen LogP contribution in [-0.2, 0) is 14.1 Å². The molecule has 1 aromatic rings. The lowest BCUT2D eigenvalue weighted by Gasteiger charge is -2.23. The van der Waals surface area contributed by atoms with E-state index in [2.05, 4.69) is 0 Å². The molecule has 1 aliphatic heterocycles. The van der Waals surface area contributed by atoms with Crippen LogP contribution in [0.4, 0.5) is 5.82 Å². The maximum Gasteiger partial charge on any atom is 0.332 e. The van der Waals surface area contributed by atoms with Gasteiger partial charge < -0.3 is 4.90 Å². The third kappa shape index (κ3) is 2.46. The summed E-state index contributed by atoms with van der Waals surface area (Å²) in [6.07, 6.45) is 3.22. The zero-order valence-electron chi connectivity index (χ0n) is 12.0. The van der Waals surface area contributed by atoms with Crippen LogP contribution in [0.3, 0.4) is 0 Å². The maximum absolute atomic E-state index is 12.3. The highest BCUT2D eigenvalue weighted by Crippen LogP contribution is 2.22. The van der Waals surface area contributed by atoms with Gasteiger partial charge in [0, 0.05) is 27.2 Å². The predicted molar refractivity (Wildman–Crippen MR) is 77.6 cm³/mol. The topological polar surface area (TPSA) is 94.8 Å². The van der Waals surface area contributed by atoms with Gasteiger partial charge in [0.25, 0.3) is 5.56 Å². The first-order valence-electron chi connectivity index (χ1n) is 6.58. The minimum atomic E-state index is -0.497. The van der Waals surface area contributed by atoms with Gasteiger partial charge in [-0.05, 0) is 18.9 Å². The van der Waals surface area contributed by atoms with E-state index in [9.17, 15) is 9.59 Å². The molecule has 0 spiro atoms. The number of nitrogens with zero attached hydrogens (tertiary/aromatic N) is 5. The van der Waals surface area contributed by atoms with Gasteiger partial charge in [0.15, 0.2) is 0 Å². The molecule has 1 aliphatic rings. The third-order valence-corrected chi connectivity index (χ3v) is 3.60. The van der Waals surface area contributed by atoms with Crippen LogP contribution < -0.4 is 16.1 Å². The van der Waals surface area contributed by atoms with E-state index in [1.54, 1.807) is 19.2 Å². The molecule has 0 amide bonds. The summed E-state index contributed by atoms with van der Waals surface area (Å²) in [4.78, 5) is 26.4. The van der Waals surface area contributed by atoms with Gasteiger partial charge in [-0.1, -0.05) is 0 Å². The van der Waals surface area contributed by atoms with Crippen LogP contribution in [-0.4, -0.2) is 22.2 Å². The summed E-state index contributed by atoms with van der Waals surface area (Å²) in [7, 11) is 2.97. The van der Waals surface area contributed by atoms with Crippen molar-refractivity contribution in [3.63, 3.8) is 0 Å². The Morgan fingerprint density at radius 1 is 1.10 bits per heavy atom. The Hall–Kier alpha value is -2.80. The Balaban J connectivity index is 2.82. The van der Waals surface area contributed by atoms with E-state index < -0.39 is 11.2 Å². The predicted octanol–water partition coefficient (Wildman–Crippen LogP) is 0.115. The Kier molecular flexibility index (Phi) is 3.95. The molecular formula is C14H15N5O2. The van der Waals surface area contributed by atoms with Gasteiger partial charge in [-0.2, -0.15) is 10.5 Å². The van der Waals surface area contributed by atoms with Crippen LogP contribution >= 0.6 is 0 Å². The zero-order chi connectivity index (χ0) is 15.6. The first-order chi connectivity index (χ1) is 10.0. The SMILES string of the molecule is Cn1c(N2CCCC2)c(C=C(C#N)C#N)c(=O)n(C)c1=O. The number of anilines is 1. The van der Waals surface area contributed by atoms with Gasteiger partial charge in [0.2, 0.25) is 0 Å². The summed E-state index contributed by atoms with van der Waals surface area (Å²) in [6, 6.07) is 3.49. The molecule has 1 saturated heterocycles. The van der Waals surface area contributed by atoms with Crippen LogP contribution in [0.1, 0.15) is 18.4 Å². The van der Waals surface area contributed by atoms with E-state index in [1.807, 2.05) is 4.90 Å². The van der Waals surface area contributed by atoms with Crippen molar-refractivity contribution in [3.05, 3.63) is 32.0 Å². The maximum atomic E-state index is 12.3. The summed E-state index contributed by atoms with van der Waals surface area (Å²) >= 11 is 0. The standard InChI is InChI=1S/C14H15N5O2/c1-17-12(19-5-3-4-6-19)11(7-10(8-15)9-16)13(20)18(2)14(17)21/h7H,3-6H2,1-2H3. The quantitative estimate of drug-likeness (QED) is 0.719. The van der Waals surface area contributed by atoms with Crippen molar-refractivity contribution in [1.29, 1.82) is 10.5 Å². The van der Waals surface area contributed by atoms with E-state index in [-0.39, 0.29) is 11.1 Å². The van der Waals surface area contributed by atoms with Crippen molar-refractivity contribution in [2.45, 2.75) is 12.8 Å². The smallest absolute Gasteiger partial charge is 0.332 e. The van der Waals surface area contributed by atoms with Gasteiger partial charge in [0.05, 0.1) is 5.56 Å². The molecule has 0 atom stereocenters. The molecule has 2 rings (SSSR count). The summed E-state index contributed by atoms with van der Waals surface area (Å²) in [6.45, 7) is 1.49. The average molecular weight is 285 g/mol. The van der Waals surface area contributed by atoms with Gasteiger partial charge in [-0.3, -0.25) is 13.9 Å². The second-order valence-corrected chi connectivity index (χ2v) is 4.92. The fraction of sp³-hybridized carbons (Fsp3) is 0.429. The van der Waals surface area contributed by atoms with Crippen LogP contribution in [0.25, 0.3) is 6.08 Å². The third-order valence-electron chi connectivity index (χ3n) is 3.60. The fourth-order valence-corrected chi connectivity index (χ4v) is 2.53. The molecule has 0 radical (unpaired) electrons. The average Bonchev–Trinajstić information content (AvgIpc) is 3.01. The highest BCUT2D eigenvalue weighted by Gasteiger charge is 2.22. The van der Waals surface area contributed by atoms with Crippen molar-refractivity contribution in [2.75, 3.05) is 18.0 Å². The molecule has 2 heterocycles. The Morgan fingerprint density at radius 2 is 1.67 bits per heavy atom. The lowest BCUT2D eigenvalue weighted by molar-refractivity contribution is 0.670.